The van der Waals surface area contributed by atoms with Crippen LogP contribution < -0.4 is 0 Å². The molecule has 1 saturated heterocycles. The molecule has 2 aromatic heterocycles. The van der Waals surface area contributed by atoms with E-state index in [0.29, 0.717) is 22.8 Å². The van der Waals surface area contributed by atoms with Gasteiger partial charge in [-0.1, -0.05) is 24.8 Å². The summed E-state index contributed by atoms with van der Waals surface area (Å²) >= 11 is 2.87. The predicted molar refractivity (Wildman–Crippen MR) is 83.3 cm³/mol. The summed E-state index contributed by atoms with van der Waals surface area (Å²) in [6.45, 7) is 3.93. The van der Waals surface area contributed by atoms with Gasteiger partial charge in [0.15, 0.2) is 0 Å². The first kappa shape index (κ1) is 14.6. The van der Waals surface area contributed by atoms with Crippen LogP contribution in [0.25, 0.3) is 10.8 Å². The van der Waals surface area contributed by atoms with Gasteiger partial charge in [0.2, 0.25) is 5.91 Å². The van der Waals surface area contributed by atoms with E-state index < -0.39 is 0 Å². The summed E-state index contributed by atoms with van der Waals surface area (Å²) in [5, 5.41) is 10.4. The zero-order valence-electron chi connectivity index (χ0n) is 11.8. The summed E-state index contributed by atoms with van der Waals surface area (Å²) in [6.07, 6.45) is 2.31. The molecule has 0 N–H and O–H groups in total. The number of likely N-dealkylation sites (tertiary alicyclic amines) is 1. The number of nitrogens with zero attached hydrogens (tertiary/aromatic N) is 3. The van der Waals surface area contributed by atoms with Gasteiger partial charge in [0.05, 0.1) is 10.6 Å². The van der Waals surface area contributed by atoms with Gasteiger partial charge in [-0.2, -0.15) is 0 Å². The van der Waals surface area contributed by atoms with Crippen molar-refractivity contribution in [3.63, 3.8) is 0 Å². The second-order valence-electron chi connectivity index (χ2n) is 5.23. The van der Waals surface area contributed by atoms with Crippen molar-refractivity contribution in [3.05, 3.63) is 17.5 Å². The quantitative estimate of drug-likeness (QED) is 0.809. The number of thiophene rings is 1. The minimum atomic E-state index is 0.155. The molecule has 3 rings (SSSR count). The van der Waals surface area contributed by atoms with E-state index in [1.165, 1.54) is 18.2 Å². The maximum absolute atomic E-state index is 12.2. The summed E-state index contributed by atoms with van der Waals surface area (Å²) < 4.78 is 5.57. The summed E-state index contributed by atoms with van der Waals surface area (Å²) in [7, 11) is 0. The van der Waals surface area contributed by atoms with Gasteiger partial charge >= 0.3 is 0 Å². The highest BCUT2D eigenvalue weighted by Gasteiger charge is 2.21. The minimum absolute atomic E-state index is 0.155. The molecule has 0 aliphatic carbocycles. The molecule has 0 radical (unpaired) electrons. The molecule has 3 heterocycles. The van der Waals surface area contributed by atoms with Crippen LogP contribution in [0, 0.1) is 5.92 Å². The van der Waals surface area contributed by atoms with Crippen LogP contribution in [0.2, 0.25) is 0 Å². The third-order valence-electron chi connectivity index (χ3n) is 3.47. The number of amides is 1. The summed E-state index contributed by atoms with van der Waals surface area (Å²) in [5.74, 6) is 1.63. The molecule has 1 amide bonds. The van der Waals surface area contributed by atoms with E-state index in [4.69, 9.17) is 4.42 Å². The zero-order valence-corrected chi connectivity index (χ0v) is 13.5. The van der Waals surface area contributed by atoms with Crippen LogP contribution in [-0.4, -0.2) is 39.8 Å². The van der Waals surface area contributed by atoms with Crippen molar-refractivity contribution in [1.29, 1.82) is 0 Å². The molecular formula is C14H17N3O2S2. The predicted octanol–water partition coefficient (Wildman–Crippen LogP) is 3.15. The SMILES string of the molecule is C[C@H]1CCCN(C(=O)CSc2nnc(-c3cccs3)o2)C1. The lowest BCUT2D eigenvalue weighted by atomic mass is 10.0. The normalized spacial score (nSPS) is 18.9. The Morgan fingerprint density at radius 2 is 2.48 bits per heavy atom. The number of hydrogen-bond acceptors (Lipinski definition) is 6. The first-order chi connectivity index (χ1) is 10.2. The van der Waals surface area contributed by atoms with Gasteiger partial charge in [-0.25, -0.2) is 0 Å². The molecule has 1 aliphatic rings. The van der Waals surface area contributed by atoms with Crippen LogP contribution in [0.4, 0.5) is 0 Å². The van der Waals surface area contributed by atoms with Gasteiger partial charge in [-0.05, 0) is 30.2 Å². The van der Waals surface area contributed by atoms with Gasteiger partial charge in [-0.15, -0.1) is 21.5 Å². The van der Waals surface area contributed by atoms with Crippen LogP contribution >= 0.6 is 23.1 Å². The Labute approximate surface area is 131 Å². The van der Waals surface area contributed by atoms with Crippen molar-refractivity contribution < 1.29 is 9.21 Å². The Kier molecular flexibility index (Phi) is 4.60. The molecule has 1 atom stereocenters. The monoisotopic (exact) mass is 323 g/mol. The summed E-state index contributed by atoms with van der Waals surface area (Å²) in [6, 6.07) is 3.88. The first-order valence-corrected chi connectivity index (χ1v) is 8.87. The Morgan fingerprint density at radius 1 is 1.57 bits per heavy atom. The van der Waals surface area contributed by atoms with E-state index in [1.54, 1.807) is 11.3 Å². The number of aromatic nitrogens is 2. The second-order valence-corrected chi connectivity index (χ2v) is 7.10. The first-order valence-electron chi connectivity index (χ1n) is 7.00. The van der Waals surface area contributed by atoms with Crippen molar-refractivity contribution in [3.8, 4) is 10.8 Å². The molecule has 2 aromatic rings. The third-order valence-corrected chi connectivity index (χ3v) is 5.13. The van der Waals surface area contributed by atoms with Crippen LogP contribution in [0.15, 0.2) is 27.2 Å². The van der Waals surface area contributed by atoms with Crippen molar-refractivity contribution in [2.45, 2.75) is 25.0 Å². The van der Waals surface area contributed by atoms with Crippen LogP contribution in [-0.2, 0) is 4.79 Å². The smallest absolute Gasteiger partial charge is 0.277 e. The highest BCUT2D eigenvalue weighted by molar-refractivity contribution is 7.99. The molecular weight excluding hydrogens is 306 g/mol. The fraction of sp³-hybridized carbons (Fsp3) is 0.500. The number of rotatable bonds is 4. The average Bonchev–Trinajstić information content (AvgIpc) is 3.15. The maximum Gasteiger partial charge on any atom is 0.277 e. The topological polar surface area (TPSA) is 59.2 Å². The third kappa shape index (κ3) is 3.65. The Morgan fingerprint density at radius 3 is 3.24 bits per heavy atom. The van der Waals surface area contributed by atoms with Crippen molar-refractivity contribution >= 4 is 29.0 Å². The standard InChI is InChI=1S/C14H17N3O2S2/c1-10-4-2-6-17(8-10)12(18)9-21-14-16-15-13(19-14)11-5-3-7-20-11/h3,5,7,10H,2,4,6,8-9H2,1H3/t10-/m0/s1. The molecule has 1 aliphatic heterocycles. The lowest BCUT2D eigenvalue weighted by molar-refractivity contribution is -0.130. The van der Waals surface area contributed by atoms with E-state index >= 15 is 0 Å². The lowest BCUT2D eigenvalue weighted by Crippen LogP contribution is -2.40. The molecule has 0 spiro atoms. The fourth-order valence-corrected chi connectivity index (χ4v) is 3.71. The average molecular weight is 323 g/mol. The van der Waals surface area contributed by atoms with Gasteiger partial charge < -0.3 is 9.32 Å². The van der Waals surface area contributed by atoms with E-state index in [-0.39, 0.29) is 5.91 Å². The van der Waals surface area contributed by atoms with E-state index in [9.17, 15) is 4.79 Å². The summed E-state index contributed by atoms with van der Waals surface area (Å²) in [5.41, 5.74) is 0. The molecule has 112 valence electrons. The van der Waals surface area contributed by atoms with E-state index in [1.807, 2.05) is 22.4 Å². The van der Waals surface area contributed by atoms with E-state index in [2.05, 4.69) is 17.1 Å². The minimum Gasteiger partial charge on any atom is -0.410 e. The molecule has 21 heavy (non-hydrogen) atoms. The van der Waals surface area contributed by atoms with Crippen molar-refractivity contribution in [1.82, 2.24) is 15.1 Å². The number of carbonyl (C=O) groups excluding carboxylic acids is 1. The van der Waals surface area contributed by atoms with Crippen molar-refractivity contribution in [2.24, 2.45) is 5.92 Å². The molecule has 0 aromatic carbocycles. The van der Waals surface area contributed by atoms with E-state index in [0.717, 1.165) is 24.4 Å². The zero-order chi connectivity index (χ0) is 14.7. The van der Waals surface area contributed by atoms with Crippen molar-refractivity contribution in [2.75, 3.05) is 18.8 Å². The molecule has 1 fully saturated rings. The van der Waals surface area contributed by atoms with Gasteiger partial charge in [0, 0.05) is 13.1 Å². The molecule has 0 unspecified atom stereocenters. The van der Waals surface area contributed by atoms with Gasteiger partial charge in [0.25, 0.3) is 11.1 Å². The van der Waals surface area contributed by atoms with Crippen LogP contribution in [0.1, 0.15) is 19.8 Å². The number of thioether (sulfide) groups is 1. The largest absolute Gasteiger partial charge is 0.410 e. The summed E-state index contributed by atoms with van der Waals surface area (Å²) in [4.78, 5) is 15.1. The number of hydrogen-bond donors (Lipinski definition) is 0. The van der Waals surface area contributed by atoms with Gasteiger partial charge in [0.1, 0.15) is 0 Å². The molecule has 5 nitrogen and oxygen atoms in total. The molecule has 0 saturated carbocycles. The lowest BCUT2D eigenvalue weighted by Gasteiger charge is -2.30. The number of carbonyl (C=O) groups is 1. The fourth-order valence-electron chi connectivity index (χ4n) is 2.40. The van der Waals surface area contributed by atoms with Crippen LogP contribution in [0.3, 0.4) is 0 Å². The molecule has 7 heteroatoms. The number of piperidine rings is 1. The van der Waals surface area contributed by atoms with Gasteiger partial charge in [-0.3, -0.25) is 4.79 Å². The maximum atomic E-state index is 12.2. The second kappa shape index (κ2) is 6.62. The highest BCUT2D eigenvalue weighted by atomic mass is 32.2. The molecule has 0 bridgehead atoms. The van der Waals surface area contributed by atoms with Crippen LogP contribution in [0.5, 0.6) is 0 Å². The Hall–Kier alpha value is -1.34. The Balaban J connectivity index is 1.54. The highest BCUT2D eigenvalue weighted by Crippen LogP contribution is 2.26. The Bertz CT molecular complexity index is 597.